The Balaban J connectivity index is 2.63. The summed E-state index contributed by atoms with van der Waals surface area (Å²) in [6, 6.07) is 2.14. The van der Waals surface area contributed by atoms with Gasteiger partial charge in [0.15, 0.2) is 26.2 Å². The van der Waals surface area contributed by atoms with Gasteiger partial charge in [0.05, 0.1) is 4.90 Å². The highest BCUT2D eigenvalue weighted by atomic mass is 32.2. The zero-order chi connectivity index (χ0) is 15.1. The topological polar surface area (TPSA) is 71.4 Å². The van der Waals surface area contributed by atoms with Gasteiger partial charge in [-0.15, -0.1) is 0 Å². The number of carboxylic acid groups (broad SMARTS) is 1. The van der Waals surface area contributed by atoms with Gasteiger partial charge in [-0.3, -0.25) is 4.79 Å². The summed E-state index contributed by atoms with van der Waals surface area (Å²) in [5.41, 5.74) is 0. The Bertz CT molecular complexity index is 656. The van der Waals surface area contributed by atoms with Crippen molar-refractivity contribution < 1.29 is 27.1 Å². The van der Waals surface area contributed by atoms with Gasteiger partial charge >= 0.3 is 5.97 Å². The predicted molar refractivity (Wildman–Crippen MR) is 66.9 cm³/mol. The molecule has 0 saturated heterocycles. The van der Waals surface area contributed by atoms with Crippen LogP contribution < -0.4 is 0 Å². The summed E-state index contributed by atoms with van der Waals surface area (Å²) < 4.78 is 49.4. The molecular formula is C13H14F2O4S. The molecule has 0 bridgehead atoms. The minimum atomic E-state index is -4.29. The van der Waals surface area contributed by atoms with Gasteiger partial charge in [0.2, 0.25) is 0 Å². The Morgan fingerprint density at radius 2 is 2.00 bits per heavy atom. The third-order valence-corrected chi connectivity index (χ3v) is 6.64. The second-order valence-electron chi connectivity index (χ2n) is 5.07. The summed E-state index contributed by atoms with van der Waals surface area (Å²) in [6.07, 6.45) is 0.913. The molecule has 1 saturated carbocycles. The fourth-order valence-corrected chi connectivity index (χ4v) is 5.05. The molecule has 1 N–H and O–H groups in total. The molecule has 1 aromatic carbocycles. The predicted octanol–water partition coefficient (Wildman–Crippen LogP) is 2.38. The van der Waals surface area contributed by atoms with Gasteiger partial charge in [0.25, 0.3) is 0 Å². The molecular weight excluding hydrogens is 290 g/mol. The normalized spacial score (nSPS) is 26.6. The number of aliphatic carboxylic acids is 1. The zero-order valence-electron chi connectivity index (χ0n) is 10.8. The van der Waals surface area contributed by atoms with Crippen LogP contribution in [0, 0.1) is 17.6 Å². The largest absolute Gasteiger partial charge is 0.480 e. The highest BCUT2D eigenvalue weighted by Crippen LogP contribution is 2.45. The van der Waals surface area contributed by atoms with E-state index in [2.05, 4.69) is 0 Å². The number of carboxylic acids is 1. The lowest BCUT2D eigenvalue weighted by molar-refractivity contribution is -0.141. The molecule has 110 valence electrons. The number of halogens is 2. The Labute approximate surface area is 115 Å². The van der Waals surface area contributed by atoms with E-state index >= 15 is 0 Å². The first kappa shape index (κ1) is 14.9. The van der Waals surface area contributed by atoms with E-state index < -0.39 is 43.0 Å². The highest BCUT2D eigenvalue weighted by molar-refractivity contribution is 7.93. The molecule has 7 heteroatoms. The molecule has 2 unspecified atom stereocenters. The number of hydrogen-bond donors (Lipinski definition) is 1. The maximum atomic E-state index is 13.2. The van der Waals surface area contributed by atoms with E-state index in [0.29, 0.717) is 25.0 Å². The van der Waals surface area contributed by atoms with Crippen LogP contribution in [0.4, 0.5) is 8.78 Å². The molecule has 20 heavy (non-hydrogen) atoms. The third-order valence-electron chi connectivity index (χ3n) is 4.02. The lowest BCUT2D eigenvalue weighted by Gasteiger charge is -2.28. The summed E-state index contributed by atoms with van der Waals surface area (Å²) in [5, 5.41) is 9.41. The third kappa shape index (κ3) is 1.91. The van der Waals surface area contributed by atoms with Gasteiger partial charge in [0.1, 0.15) is 0 Å². The van der Waals surface area contributed by atoms with Gasteiger partial charge in [-0.1, -0.05) is 13.3 Å². The average Bonchev–Trinajstić information content (AvgIpc) is 2.75. The molecule has 0 heterocycles. The SMILES string of the molecule is CC1CCCC1(C(=O)O)S(=O)(=O)c1ccc(F)c(F)c1. The van der Waals surface area contributed by atoms with Gasteiger partial charge in [-0.25, -0.2) is 17.2 Å². The zero-order valence-corrected chi connectivity index (χ0v) is 11.6. The van der Waals surface area contributed by atoms with E-state index in [9.17, 15) is 27.1 Å². The Morgan fingerprint density at radius 3 is 2.45 bits per heavy atom. The minimum absolute atomic E-state index is 0.0230. The van der Waals surface area contributed by atoms with Crippen LogP contribution in [0.5, 0.6) is 0 Å². The van der Waals surface area contributed by atoms with Gasteiger partial charge in [-0.2, -0.15) is 0 Å². The van der Waals surface area contributed by atoms with E-state index in [0.717, 1.165) is 6.07 Å². The number of sulfone groups is 1. The van der Waals surface area contributed by atoms with Crippen molar-refractivity contribution in [2.75, 3.05) is 0 Å². The van der Waals surface area contributed by atoms with E-state index in [-0.39, 0.29) is 6.42 Å². The molecule has 0 spiro atoms. The number of benzene rings is 1. The van der Waals surface area contributed by atoms with Crippen molar-refractivity contribution in [2.24, 2.45) is 5.92 Å². The number of carbonyl (C=O) groups is 1. The smallest absolute Gasteiger partial charge is 0.325 e. The lowest BCUT2D eigenvalue weighted by Crippen LogP contribution is -2.48. The fourth-order valence-electron chi connectivity index (χ4n) is 2.84. The first-order chi connectivity index (χ1) is 9.23. The van der Waals surface area contributed by atoms with Crippen molar-refractivity contribution in [2.45, 2.75) is 35.8 Å². The molecule has 1 aromatic rings. The van der Waals surface area contributed by atoms with Crippen molar-refractivity contribution in [1.29, 1.82) is 0 Å². The van der Waals surface area contributed by atoms with Crippen LogP contribution in [0.2, 0.25) is 0 Å². The van der Waals surface area contributed by atoms with Crippen LogP contribution >= 0.6 is 0 Å². The van der Waals surface area contributed by atoms with E-state index in [1.807, 2.05) is 0 Å². The first-order valence-corrected chi connectivity index (χ1v) is 7.65. The molecule has 1 aliphatic carbocycles. The summed E-state index contributed by atoms with van der Waals surface area (Å²) >= 11 is 0. The second-order valence-corrected chi connectivity index (χ2v) is 7.27. The van der Waals surface area contributed by atoms with Crippen LogP contribution in [0.3, 0.4) is 0 Å². The molecule has 2 rings (SSSR count). The maximum absolute atomic E-state index is 13.2. The molecule has 4 nitrogen and oxygen atoms in total. The van der Waals surface area contributed by atoms with Crippen molar-refractivity contribution in [1.82, 2.24) is 0 Å². The first-order valence-electron chi connectivity index (χ1n) is 6.16. The Hall–Kier alpha value is -1.50. The maximum Gasteiger partial charge on any atom is 0.325 e. The van der Waals surface area contributed by atoms with Crippen molar-refractivity contribution >= 4 is 15.8 Å². The Kier molecular flexibility index (Phi) is 3.58. The quantitative estimate of drug-likeness (QED) is 0.870. The standard InChI is InChI=1S/C13H14F2O4S/c1-8-3-2-6-13(8,12(16)17)20(18,19)9-4-5-10(14)11(15)7-9/h4-5,7-8H,2-3,6H2,1H3,(H,16,17). The molecule has 0 amide bonds. The van der Waals surface area contributed by atoms with Gasteiger partial charge in [0, 0.05) is 0 Å². The van der Waals surface area contributed by atoms with Gasteiger partial charge < -0.3 is 5.11 Å². The van der Waals surface area contributed by atoms with Crippen LogP contribution in [0.15, 0.2) is 23.1 Å². The van der Waals surface area contributed by atoms with Crippen molar-refractivity contribution in [3.63, 3.8) is 0 Å². The van der Waals surface area contributed by atoms with Crippen LogP contribution in [-0.2, 0) is 14.6 Å². The van der Waals surface area contributed by atoms with Crippen molar-refractivity contribution in [3.8, 4) is 0 Å². The lowest BCUT2D eigenvalue weighted by atomic mass is 9.97. The van der Waals surface area contributed by atoms with Crippen LogP contribution in [0.1, 0.15) is 26.2 Å². The summed E-state index contributed by atoms with van der Waals surface area (Å²) in [5.74, 6) is -4.50. The summed E-state index contributed by atoms with van der Waals surface area (Å²) in [4.78, 5) is 11.1. The van der Waals surface area contributed by atoms with Gasteiger partial charge in [-0.05, 0) is 37.0 Å². The van der Waals surface area contributed by atoms with E-state index in [4.69, 9.17) is 0 Å². The fraction of sp³-hybridized carbons (Fsp3) is 0.462. The Morgan fingerprint density at radius 1 is 1.35 bits per heavy atom. The molecule has 2 atom stereocenters. The highest BCUT2D eigenvalue weighted by Gasteiger charge is 2.57. The summed E-state index contributed by atoms with van der Waals surface area (Å²) in [6.45, 7) is 1.55. The number of rotatable bonds is 3. The summed E-state index contributed by atoms with van der Waals surface area (Å²) in [7, 11) is -4.29. The number of hydrogen-bond acceptors (Lipinski definition) is 3. The molecule has 0 aromatic heterocycles. The monoisotopic (exact) mass is 304 g/mol. The minimum Gasteiger partial charge on any atom is -0.480 e. The second kappa shape index (κ2) is 4.80. The molecule has 1 fully saturated rings. The molecule has 0 aliphatic heterocycles. The van der Waals surface area contributed by atoms with Crippen molar-refractivity contribution in [3.05, 3.63) is 29.8 Å². The molecule has 1 aliphatic rings. The van der Waals surface area contributed by atoms with E-state index in [1.165, 1.54) is 0 Å². The average molecular weight is 304 g/mol. The van der Waals surface area contributed by atoms with E-state index in [1.54, 1.807) is 6.92 Å². The molecule has 0 radical (unpaired) electrons. The van der Waals surface area contributed by atoms with Crippen LogP contribution in [0.25, 0.3) is 0 Å². The van der Waals surface area contributed by atoms with Crippen LogP contribution in [-0.4, -0.2) is 24.2 Å².